The van der Waals surface area contributed by atoms with Gasteiger partial charge in [0.25, 0.3) is 0 Å². The fourth-order valence-electron chi connectivity index (χ4n) is 3.18. The van der Waals surface area contributed by atoms with E-state index in [1.54, 1.807) is 6.20 Å². The van der Waals surface area contributed by atoms with Crippen LogP contribution >= 0.6 is 0 Å². The number of pyridine rings is 2. The van der Waals surface area contributed by atoms with Crippen LogP contribution in [0.25, 0.3) is 5.65 Å². The van der Waals surface area contributed by atoms with Gasteiger partial charge < -0.3 is 20.1 Å². The summed E-state index contributed by atoms with van der Waals surface area (Å²) < 4.78 is 13.3. The number of nitrogens with one attached hydrogen (secondary N) is 2. The predicted octanol–water partition coefficient (Wildman–Crippen LogP) is 3.57. The highest BCUT2D eigenvalue weighted by Gasteiger charge is 2.06. The van der Waals surface area contributed by atoms with Gasteiger partial charge >= 0.3 is 0 Å². The van der Waals surface area contributed by atoms with E-state index in [2.05, 4.69) is 30.8 Å². The van der Waals surface area contributed by atoms with Crippen molar-refractivity contribution in [2.24, 2.45) is 4.99 Å². The monoisotopic (exact) mass is 445 g/mol. The number of fused-ring (bicyclic) bond motifs is 1. The third kappa shape index (κ3) is 5.97. The third-order valence-corrected chi connectivity index (χ3v) is 4.72. The first-order chi connectivity index (χ1) is 16.2. The Balaban J connectivity index is 1.39. The Morgan fingerprint density at radius 2 is 1.85 bits per heavy atom. The van der Waals surface area contributed by atoms with Crippen LogP contribution in [0.4, 0.5) is 0 Å². The molecule has 3 heterocycles. The van der Waals surface area contributed by atoms with Crippen LogP contribution in [0.5, 0.6) is 17.4 Å². The maximum absolute atomic E-state index is 5.88. The van der Waals surface area contributed by atoms with Crippen LogP contribution in [0, 0.1) is 0 Å². The van der Waals surface area contributed by atoms with Crippen LogP contribution < -0.4 is 20.1 Å². The van der Waals surface area contributed by atoms with Gasteiger partial charge in [-0.15, -0.1) is 10.2 Å². The number of benzene rings is 1. The maximum atomic E-state index is 5.88. The zero-order chi connectivity index (χ0) is 22.9. The topological polar surface area (TPSA) is 98.0 Å². The van der Waals surface area contributed by atoms with Gasteiger partial charge in [0.2, 0.25) is 5.88 Å². The minimum atomic E-state index is 0.470. The highest BCUT2D eigenvalue weighted by molar-refractivity contribution is 5.79. The second-order valence-corrected chi connectivity index (χ2v) is 7.10. The van der Waals surface area contributed by atoms with Crippen LogP contribution in [-0.4, -0.2) is 38.7 Å². The first kappa shape index (κ1) is 22.1. The van der Waals surface area contributed by atoms with E-state index in [-0.39, 0.29) is 0 Å². The lowest BCUT2D eigenvalue weighted by atomic mass is 10.2. The van der Waals surface area contributed by atoms with Gasteiger partial charge in [-0.25, -0.2) is 9.98 Å². The van der Waals surface area contributed by atoms with Gasteiger partial charge in [0.15, 0.2) is 17.4 Å². The molecule has 1 aromatic carbocycles. The molecule has 3 aromatic heterocycles. The Morgan fingerprint density at radius 1 is 1.00 bits per heavy atom. The molecule has 0 bridgehead atoms. The zero-order valence-corrected chi connectivity index (χ0v) is 18.7. The average molecular weight is 446 g/mol. The first-order valence-electron chi connectivity index (χ1n) is 10.9. The van der Waals surface area contributed by atoms with Crippen molar-refractivity contribution in [2.45, 2.75) is 26.9 Å². The molecule has 0 spiro atoms. The van der Waals surface area contributed by atoms with Crippen molar-refractivity contribution >= 4 is 11.6 Å². The number of nitrogens with zero attached hydrogens (tertiary/aromatic N) is 5. The number of aromatic nitrogens is 4. The van der Waals surface area contributed by atoms with Gasteiger partial charge in [-0.05, 0) is 61.9 Å². The average Bonchev–Trinajstić information content (AvgIpc) is 3.26. The number of hydrogen-bond acceptors (Lipinski definition) is 6. The number of rotatable bonds is 9. The molecule has 33 heavy (non-hydrogen) atoms. The van der Waals surface area contributed by atoms with E-state index in [0.717, 1.165) is 29.3 Å². The van der Waals surface area contributed by atoms with Crippen LogP contribution in [0.3, 0.4) is 0 Å². The fourth-order valence-corrected chi connectivity index (χ4v) is 3.18. The van der Waals surface area contributed by atoms with Crippen molar-refractivity contribution in [1.82, 2.24) is 30.2 Å². The molecular weight excluding hydrogens is 418 g/mol. The molecule has 0 aliphatic carbocycles. The van der Waals surface area contributed by atoms with E-state index in [4.69, 9.17) is 9.47 Å². The Morgan fingerprint density at radius 3 is 2.67 bits per heavy atom. The van der Waals surface area contributed by atoms with Crippen molar-refractivity contribution in [3.8, 4) is 17.4 Å². The number of aliphatic imine (C=N–C) groups is 1. The Labute approximate surface area is 192 Å². The molecule has 0 fully saturated rings. The third-order valence-electron chi connectivity index (χ3n) is 4.72. The molecular formula is C24H27N7O2. The predicted molar refractivity (Wildman–Crippen MR) is 127 cm³/mol. The van der Waals surface area contributed by atoms with Crippen molar-refractivity contribution in [2.75, 3.05) is 13.2 Å². The van der Waals surface area contributed by atoms with E-state index in [1.165, 1.54) is 0 Å². The van der Waals surface area contributed by atoms with Crippen LogP contribution in [0.1, 0.15) is 25.2 Å². The number of guanidine groups is 1. The second-order valence-electron chi connectivity index (χ2n) is 7.10. The van der Waals surface area contributed by atoms with Crippen molar-refractivity contribution < 1.29 is 9.47 Å². The Bertz CT molecular complexity index is 1200. The number of hydrogen-bond donors (Lipinski definition) is 2. The van der Waals surface area contributed by atoms with Crippen molar-refractivity contribution in [3.63, 3.8) is 0 Å². The van der Waals surface area contributed by atoms with Gasteiger partial charge in [-0.2, -0.15) is 0 Å². The van der Waals surface area contributed by atoms with Gasteiger partial charge in [0.05, 0.1) is 19.7 Å². The molecule has 0 saturated carbocycles. The Hall–Kier alpha value is -4.14. The lowest BCUT2D eigenvalue weighted by Gasteiger charge is -2.11. The quantitative estimate of drug-likeness (QED) is 0.300. The van der Waals surface area contributed by atoms with Gasteiger partial charge in [-0.3, -0.25) is 4.40 Å². The number of ether oxygens (including phenoxy) is 2. The second kappa shape index (κ2) is 10.9. The van der Waals surface area contributed by atoms with Crippen LogP contribution in [0.2, 0.25) is 0 Å². The summed E-state index contributed by atoms with van der Waals surface area (Å²) in [6.45, 7) is 6.32. The zero-order valence-electron chi connectivity index (χ0n) is 18.7. The lowest BCUT2D eigenvalue weighted by molar-refractivity contribution is 0.339. The smallest absolute Gasteiger partial charge is 0.219 e. The molecule has 2 N–H and O–H groups in total. The molecule has 0 saturated heterocycles. The first-order valence-corrected chi connectivity index (χ1v) is 10.9. The summed E-state index contributed by atoms with van der Waals surface area (Å²) in [5.74, 6) is 3.52. The molecule has 4 rings (SSSR count). The van der Waals surface area contributed by atoms with Gasteiger partial charge in [0.1, 0.15) is 11.5 Å². The molecule has 0 amide bonds. The van der Waals surface area contributed by atoms with E-state index in [0.29, 0.717) is 37.3 Å². The van der Waals surface area contributed by atoms with Crippen molar-refractivity contribution in [1.29, 1.82) is 0 Å². The van der Waals surface area contributed by atoms with Crippen LogP contribution in [0.15, 0.2) is 72.0 Å². The molecule has 9 nitrogen and oxygen atoms in total. The highest BCUT2D eigenvalue weighted by atomic mass is 16.5. The summed E-state index contributed by atoms with van der Waals surface area (Å²) >= 11 is 0. The van der Waals surface area contributed by atoms with Gasteiger partial charge in [0, 0.05) is 25.0 Å². The molecule has 0 atom stereocenters. The summed E-state index contributed by atoms with van der Waals surface area (Å²) in [6.07, 6.45) is 3.66. The molecule has 4 aromatic rings. The maximum Gasteiger partial charge on any atom is 0.219 e. The van der Waals surface area contributed by atoms with E-state index >= 15 is 0 Å². The SMILES string of the molecule is CCNC(=NCc1ccnc(Oc2ccc(OCC)cc2)c1)NCc1nnc2ccccn12. The summed E-state index contributed by atoms with van der Waals surface area (Å²) in [7, 11) is 0. The summed E-state index contributed by atoms with van der Waals surface area (Å²) in [4.78, 5) is 8.99. The summed E-state index contributed by atoms with van der Waals surface area (Å²) in [5.41, 5.74) is 1.80. The standard InChI is InChI=1S/C24H27N7O2/c1-3-25-24(28-17-22-30-29-21-7-5-6-14-31(21)22)27-16-18-12-13-26-23(15-18)33-20-10-8-19(9-11-20)32-4-2/h5-15H,3-4,16-17H2,1-2H3,(H2,25,27,28). The highest BCUT2D eigenvalue weighted by Crippen LogP contribution is 2.23. The molecule has 0 unspecified atom stereocenters. The molecule has 0 radical (unpaired) electrons. The van der Waals surface area contributed by atoms with E-state index in [1.807, 2.05) is 79.0 Å². The summed E-state index contributed by atoms with van der Waals surface area (Å²) in [5, 5.41) is 15.0. The normalized spacial score (nSPS) is 11.4. The lowest BCUT2D eigenvalue weighted by Crippen LogP contribution is -2.37. The fraction of sp³-hybridized carbons (Fsp3) is 0.250. The molecule has 9 heteroatoms. The minimum Gasteiger partial charge on any atom is -0.494 e. The molecule has 170 valence electrons. The summed E-state index contributed by atoms with van der Waals surface area (Å²) in [6, 6.07) is 17.1. The molecule has 0 aliphatic rings. The largest absolute Gasteiger partial charge is 0.494 e. The molecule has 0 aliphatic heterocycles. The van der Waals surface area contributed by atoms with E-state index in [9.17, 15) is 0 Å². The van der Waals surface area contributed by atoms with Crippen molar-refractivity contribution in [3.05, 3.63) is 78.4 Å². The Kier molecular flexibility index (Phi) is 7.32. The van der Waals surface area contributed by atoms with Crippen LogP contribution in [-0.2, 0) is 13.1 Å². The van der Waals surface area contributed by atoms with Gasteiger partial charge in [-0.1, -0.05) is 6.07 Å². The minimum absolute atomic E-state index is 0.470. The van der Waals surface area contributed by atoms with E-state index < -0.39 is 0 Å².